The Hall–Kier alpha value is -1.36. The van der Waals surface area contributed by atoms with Crippen LogP contribution in [-0.4, -0.2) is 40.3 Å². The zero-order valence-electron chi connectivity index (χ0n) is 10.1. The van der Waals surface area contributed by atoms with Crippen LogP contribution in [0.1, 0.15) is 41.8 Å². The molecule has 0 unspecified atom stereocenters. The molecule has 17 heavy (non-hydrogen) atoms. The Morgan fingerprint density at radius 2 is 2.41 bits per heavy atom. The number of aliphatic hydroxyl groups excluding tert-OH is 1. The molecule has 2 rings (SSSR count). The van der Waals surface area contributed by atoms with Crippen molar-refractivity contribution >= 4 is 5.91 Å². The van der Waals surface area contributed by atoms with Gasteiger partial charge < -0.3 is 14.5 Å². The summed E-state index contributed by atoms with van der Waals surface area (Å²) < 4.78 is 4.92. The maximum Gasteiger partial charge on any atom is 0.259 e. The number of aliphatic hydroxyl groups is 1. The summed E-state index contributed by atoms with van der Waals surface area (Å²) in [6.45, 7) is 2.45. The largest absolute Gasteiger partial charge is 0.396 e. The fraction of sp³-hybridized carbons (Fsp3) is 0.667. The molecule has 1 saturated carbocycles. The van der Waals surface area contributed by atoms with E-state index in [0.717, 1.165) is 12.8 Å². The summed E-state index contributed by atoms with van der Waals surface area (Å²) in [6, 6.07) is 0.323. The Kier molecular flexibility index (Phi) is 3.78. The van der Waals surface area contributed by atoms with Crippen molar-refractivity contribution in [3.05, 3.63) is 17.5 Å². The van der Waals surface area contributed by atoms with Gasteiger partial charge in [-0.3, -0.25) is 4.79 Å². The maximum absolute atomic E-state index is 12.3. The lowest BCUT2D eigenvalue weighted by Gasteiger charge is -2.37. The first-order valence-corrected chi connectivity index (χ1v) is 6.07. The number of hydrogen-bond acceptors (Lipinski definition) is 4. The summed E-state index contributed by atoms with van der Waals surface area (Å²) in [7, 11) is 0. The molecule has 0 bridgehead atoms. The first-order chi connectivity index (χ1) is 8.24. The van der Waals surface area contributed by atoms with Crippen molar-refractivity contribution in [3.63, 3.8) is 0 Å². The highest BCUT2D eigenvalue weighted by Gasteiger charge is 2.30. The molecule has 1 amide bonds. The Morgan fingerprint density at radius 1 is 1.65 bits per heavy atom. The van der Waals surface area contributed by atoms with Gasteiger partial charge in [0.05, 0.1) is 6.20 Å². The van der Waals surface area contributed by atoms with Crippen molar-refractivity contribution in [2.75, 3.05) is 13.2 Å². The van der Waals surface area contributed by atoms with Crippen molar-refractivity contribution in [2.45, 2.75) is 38.6 Å². The lowest BCUT2D eigenvalue weighted by Crippen LogP contribution is -2.45. The van der Waals surface area contributed by atoms with Crippen LogP contribution in [0.5, 0.6) is 0 Å². The molecule has 1 heterocycles. The van der Waals surface area contributed by atoms with E-state index in [-0.39, 0.29) is 12.5 Å². The Morgan fingerprint density at radius 3 is 2.88 bits per heavy atom. The van der Waals surface area contributed by atoms with E-state index in [1.54, 1.807) is 6.92 Å². The minimum atomic E-state index is -0.0260. The number of carbonyl (C=O) groups is 1. The molecule has 0 aromatic carbocycles. The summed E-state index contributed by atoms with van der Waals surface area (Å²) in [4.78, 5) is 14.2. The monoisotopic (exact) mass is 238 g/mol. The van der Waals surface area contributed by atoms with Crippen LogP contribution < -0.4 is 0 Å². The highest BCUT2D eigenvalue weighted by molar-refractivity contribution is 5.95. The fourth-order valence-electron chi connectivity index (χ4n) is 2.05. The van der Waals surface area contributed by atoms with Gasteiger partial charge in [0.2, 0.25) is 0 Å². The number of aryl methyl sites for hydroxylation is 1. The van der Waals surface area contributed by atoms with Gasteiger partial charge in [-0.05, 0) is 32.6 Å². The predicted octanol–water partition coefficient (Wildman–Crippen LogP) is 1.36. The van der Waals surface area contributed by atoms with E-state index < -0.39 is 0 Å². The molecular weight excluding hydrogens is 220 g/mol. The topological polar surface area (TPSA) is 66.6 Å². The second-order valence-corrected chi connectivity index (χ2v) is 4.46. The van der Waals surface area contributed by atoms with Gasteiger partial charge in [-0.25, -0.2) is 0 Å². The SMILES string of the molecule is Cc1oncc1C(=O)N(CCCO)C1CCC1. The van der Waals surface area contributed by atoms with E-state index in [2.05, 4.69) is 5.16 Å². The van der Waals surface area contributed by atoms with Gasteiger partial charge in [-0.2, -0.15) is 0 Å². The lowest BCUT2D eigenvalue weighted by molar-refractivity contribution is 0.0561. The van der Waals surface area contributed by atoms with E-state index in [0.29, 0.717) is 30.3 Å². The number of amides is 1. The van der Waals surface area contributed by atoms with Crippen LogP contribution >= 0.6 is 0 Å². The highest BCUT2D eigenvalue weighted by atomic mass is 16.5. The zero-order chi connectivity index (χ0) is 12.3. The molecule has 1 aromatic rings. The van der Waals surface area contributed by atoms with Crippen LogP contribution in [0.2, 0.25) is 0 Å². The molecule has 0 radical (unpaired) electrons. The molecular formula is C12H18N2O3. The Labute approximate surface area is 100 Å². The quantitative estimate of drug-likeness (QED) is 0.841. The van der Waals surface area contributed by atoms with E-state index in [1.807, 2.05) is 4.90 Å². The van der Waals surface area contributed by atoms with Crippen LogP contribution in [0.3, 0.4) is 0 Å². The summed E-state index contributed by atoms with van der Waals surface area (Å²) in [5, 5.41) is 12.5. The summed E-state index contributed by atoms with van der Waals surface area (Å²) in [5.74, 6) is 0.533. The van der Waals surface area contributed by atoms with Crippen LogP contribution in [0.25, 0.3) is 0 Å². The predicted molar refractivity (Wildman–Crippen MR) is 61.6 cm³/mol. The van der Waals surface area contributed by atoms with Gasteiger partial charge >= 0.3 is 0 Å². The molecule has 1 aromatic heterocycles. The molecule has 1 aliphatic rings. The summed E-state index contributed by atoms with van der Waals surface area (Å²) in [5.41, 5.74) is 0.537. The smallest absolute Gasteiger partial charge is 0.259 e. The average Bonchev–Trinajstić information content (AvgIpc) is 2.67. The first-order valence-electron chi connectivity index (χ1n) is 6.07. The summed E-state index contributed by atoms with van der Waals surface area (Å²) >= 11 is 0. The molecule has 5 heteroatoms. The maximum atomic E-state index is 12.3. The number of carbonyl (C=O) groups excluding carboxylic acids is 1. The second kappa shape index (κ2) is 5.31. The van der Waals surface area contributed by atoms with Crippen molar-refractivity contribution in [2.24, 2.45) is 0 Å². The van der Waals surface area contributed by atoms with Crippen LogP contribution in [0, 0.1) is 6.92 Å². The molecule has 0 spiro atoms. The van der Waals surface area contributed by atoms with Gasteiger partial charge in [0.1, 0.15) is 11.3 Å². The third kappa shape index (κ3) is 2.49. The molecule has 1 N–H and O–H groups in total. The minimum absolute atomic E-state index is 0.0260. The highest BCUT2D eigenvalue weighted by Crippen LogP contribution is 2.26. The van der Waals surface area contributed by atoms with Crippen LogP contribution in [0.4, 0.5) is 0 Å². The molecule has 94 valence electrons. The number of nitrogens with zero attached hydrogens (tertiary/aromatic N) is 2. The van der Waals surface area contributed by atoms with Gasteiger partial charge in [-0.15, -0.1) is 0 Å². The molecule has 0 atom stereocenters. The van der Waals surface area contributed by atoms with Gasteiger partial charge in [0.15, 0.2) is 0 Å². The van der Waals surface area contributed by atoms with Crippen molar-refractivity contribution in [1.82, 2.24) is 10.1 Å². The van der Waals surface area contributed by atoms with Crippen molar-refractivity contribution < 1.29 is 14.4 Å². The standard InChI is InChI=1S/C12H18N2O3/c1-9-11(8-13-17-9)12(16)14(6-3-7-15)10-4-2-5-10/h8,10,15H,2-7H2,1H3. The average molecular weight is 238 g/mol. The van der Waals surface area contributed by atoms with E-state index >= 15 is 0 Å². The minimum Gasteiger partial charge on any atom is -0.396 e. The molecule has 1 fully saturated rings. The van der Waals surface area contributed by atoms with Crippen LogP contribution in [-0.2, 0) is 0 Å². The van der Waals surface area contributed by atoms with Gasteiger partial charge in [-0.1, -0.05) is 5.16 Å². The Balaban J connectivity index is 2.09. The second-order valence-electron chi connectivity index (χ2n) is 4.46. The molecule has 0 saturated heterocycles. The number of rotatable bonds is 5. The Bertz CT molecular complexity index is 385. The number of aromatic nitrogens is 1. The summed E-state index contributed by atoms with van der Waals surface area (Å²) in [6.07, 6.45) is 5.38. The van der Waals surface area contributed by atoms with E-state index in [4.69, 9.17) is 9.63 Å². The fourth-order valence-corrected chi connectivity index (χ4v) is 2.05. The van der Waals surface area contributed by atoms with Gasteiger partial charge in [0.25, 0.3) is 5.91 Å². The third-order valence-electron chi connectivity index (χ3n) is 3.31. The van der Waals surface area contributed by atoms with Gasteiger partial charge in [0, 0.05) is 19.2 Å². The van der Waals surface area contributed by atoms with Crippen LogP contribution in [0.15, 0.2) is 10.7 Å². The third-order valence-corrected chi connectivity index (χ3v) is 3.31. The van der Waals surface area contributed by atoms with Crippen molar-refractivity contribution in [3.8, 4) is 0 Å². The first kappa shape index (κ1) is 12.1. The number of hydrogen-bond donors (Lipinski definition) is 1. The van der Waals surface area contributed by atoms with E-state index in [1.165, 1.54) is 12.6 Å². The van der Waals surface area contributed by atoms with Crippen molar-refractivity contribution in [1.29, 1.82) is 0 Å². The van der Waals surface area contributed by atoms with E-state index in [9.17, 15) is 4.79 Å². The zero-order valence-corrected chi connectivity index (χ0v) is 10.1. The molecule has 1 aliphatic carbocycles. The molecule has 5 nitrogen and oxygen atoms in total. The normalized spacial score (nSPS) is 15.6. The molecule has 0 aliphatic heterocycles. The lowest BCUT2D eigenvalue weighted by atomic mass is 9.91.